The zero-order chi connectivity index (χ0) is 19.6. The first-order valence-electron chi connectivity index (χ1n) is 8.78. The van der Waals surface area contributed by atoms with E-state index in [1.54, 1.807) is 18.2 Å². The van der Waals surface area contributed by atoms with E-state index in [1.807, 2.05) is 37.3 Å². The lowest BCUT2D eigenvalue weighted by atomic mass is 9.73. The van der Waals surface area contributed by atoms with Crippen LogP contribution in [0.1, 0.15) is 23.9 Å². The molecule has 1 atom stereocenters. The van der Waals surface area contributed by atoms with E-state index in [2.05, 4.69) is 24.9 Å². The second-order valence-corrected chi connectivity index (χ2v) is 6.10. The minimum absolute atomic E-state index is 0.351. The van der Waals surface area contributed by atoms with Crippen LogP contribution < -0.4 is 10.5 Å². The number of fused-ring (bicyclic) bond motifs is 1. The summed E-state index contributed by atoms with van der Waals surface area (Å²) in [5.41, 5.74) is 6.86. The Kier molecular flexibility index (Phi) is 4.44. The second kappa shape index (κ2) is 7.07. The van der Waals surface area contributed by atoms with Crippen molar-refractivity contribution < 1.29 is 9.53 Å². The van der Waals surface area contributed by atoms with Gasteiger partial charge in [-0.3, -0.25) is 4.79 Å². The molecule has 8 heteroatoms. The molecule has 0 aliphatic heterocycles. The standard InChI is InChI=1S/C20H18N6O2/c1-2-28-16-10-6-9-14(25-16)20(19(21)27,13-7-4-3-5-8-13)15-11-22-17-18(26-15)24-12-23-17/h3-12H,2H2,1H3,(H2,21,27)(H,22,23,24,26). The van der Waals surface area contributed by atoms with Crippen LogP contribution in [0.5, 0.6) is 5.88 Å². The number of carbonyl (C=O) groups excluding carboxylic acids is 1. The number of aromatic amines is 1. The third-order valence-electron chi connectivity index (χ3n) is 4.50. The molecule has 28 heavy (non-hydrogen) atoms. The summed E-state index contributed by atoms with van der Waals surface area (Å²) in [4.78, 5) is 33.5. The number of hydrogen-bond acceptors (Lipinski definition) is 6. The summed E-state index contributed by atoms with van der Waals surface area (Å²) in [7, 11) is 0. The molecule has 4 rings (SSSR count). The molecule has 4 aromatic rings. The van der Waals surface area contributed by atoms with Gasteiger partial charge in [0.2, 0.25) is 11.8 Å². The molecule has 3 heterocycles. The summed E-state index contributed by atoms with van der Waals surface area (Å²) in [5.74, 6) is -0.217. The largest absolute Gasteiger partial charge is 0.478 e. The molecule has 0 saturated heterocycles. The van der Waals surface area contributed by atoms with Crippen LogP contribution in [0.4, 0.5) is 0 Å². The topological polar surface area (TPSA) is 120 Å². The number of nitrogens with one attached hydrogen (secondary N) is 1. The van der Waals surface area contributed by atoms with Gasteiger partial charge in [-0.1, -0.05) is 36.4 Å². The van der Waals surface area contributed by atoms with Gasteiger partial charge in [-0.2, -0.15) is 0 Å². The minimum Gasteiger partial charge on any atom is -0.478 e. The first-order chi connectivity index (χ1) is 13.7. The number of hydrogen-bond donors (Lipinski definition) is 2. The van der Waals surface area contributed by atoms with Crippen molar-refractivity contribution in [1.82, 2.24) is 24.9 Å². The van der Waals surface area contributed by atoms with Gasteiger partial charge < -0.3 is 15.5 Å². The Labute approximate surface area is 160 Å². The average Bonchev–Trinajstić information content (AvgIpc) is 3.18. The Bertz CT molecular complexity index is 1130. The van der Waals surface area contributed by atoms with Crippen molar-refractivity contribution in [3.05, 3.63) is 78.0 Å². The Morgan fingerprint density at radius 2 is 1.89 bits per heavy atom. The van der Waals surface area contributed by atoms with Crippen LogP contribution in [-0.4, -0.2) is 37.4 Å². The zero-order valence-corrected chi connectivity index (χ0v) is 15.2. The molecule has 3 aromatic heterocycles. The number of H-pyrrole nitrogens is 1. The maximum atomic E-state index is 13.0. The highest BCUT2D eigenvalue weighted by atomic mass is 16.5. The van der Waals surface area contributed by atoms with Crippen molar-refractivity contribution >= 4 is 17.2 Å². The number of imidazole rings is 1. The smallest absolute Gasteiger partial charge is 0.240 e. The highest BCUT2D eigenvalue weighted by molar-refractivity contribution is 5.94. The molecule has 0 aliphatic rings. The monoisotopic (exact) mass is 374 g/mol. The van der Waals surface area contributed by atoms with E-state index in [-0.39, 0.29) is 0 Å². The molecular formula is C20H18N6O2. The number of nitrogens with two attached hydrogens (primary N) is 1. The van der Waals surface area contributed by atoms with Crippen molar-refractivity contribution in [1.29, 1.82) is 0 Å². The fourth-order valence-electron chi connectivity index (χ4n) is 3.27. The summed E-state index contributed by atoms with van der Waals surface area (Å²) in [5, 5.41) is 0. The van der Waals surface area contributed by atoms with Gasteiger partial charge in [0.05, 0.1) is 30.5 Å². The van der Waals surface area contributed by atoms with E-state index in [0.717, 1.165) is 0 Å². The Balaban J connectivity index is 2.04. The summed E-state index contributed by atoms with van der Waals surface area (Å²) >= 11 is 0. The Morgan fingerprint density at radius 3 is 2.64 bits per heavy atom. The second-order valence-electron chi connectivity index (χ2n) is 6.10. The average molecular weight is 374 g/mol. The van der Waals surface area contributed by atoms with Crippen molar-refractivity contribution in [3.63, 3.8) is 0 Å². The van der Waals surface area contributed by atoms with Gasteiger partial charge in [-0.25, -0.2) is 19.9 Å². The predicted octanol–water partition coefficient (Wildman–Crippen LogP) is 1.97. The van der Waals surface area contributed by atoms with E-state index in [1.165, 1.54) is 12.5 Å². The fourth-order valence-corrected chi connectivity index (χ4v) is 3.27. The van der Waals surface area contributed by atoms with E-state index in [9.17, 15) is 4.79 Å². The van der Waals surface area contributed by atoms with Crippen molar-refractivity contribution in [3.8, 4) is 5.88 Å². The zero-order valence-electron chi connectivity index (χ0n) is 15.2. The maximum Gasteiger partial charge on any atom is 0.240 e. The minimum atomic E-state index is -1.44. The van der Waals surface area contributed by atoms with Gasteiger partial charge in [-0.15, -0.1) is 0 Å². The van der Waals surface area contributed by atoms with Crippen molar-refractivity contribution in [2.45, 2.75) is 12.3 Å². The van der Waals surface area contributed by atoms with Gasteiger partial charge in [0.25, 0.3) is 0 Å². The van der Waals surface area contributed by atoms with Gasteiger partial charge in [0.1, 0.15) is 0 Å². The lowest BCUT2D eigenvalue weighted by Gasteiger charge is -2.30. The SMILES string of the molecule is CCOc1cccc(C(C(N)=O)(c2ccccc2)c2cnc3nc[nH]c3n2)n1. The molecule has 0 fully saturated rings. The predicted molar refractivity (Wildman–Crippen MR) is 103 cm³/mol. The highest BCUT2D eigenvalue weighted by Gasteiger charge is 2.46. The lowest BCUT2D eigenvalue weighted by Crippen LogP contribution is -2.45. The van der Waals surface area contributed by atoms with Crippen LogP contribution in [0, 0.1) is 0 Å². The Hall–Kier alpha value is -3.81. The molecule has 0 spiro atoms. The molecule has 1 amide bonds. The first-order valence-corrected chi connectivity index (χ1v) is 8.78. The molecule has 140 valence electrons. The van der Waals surface area contributed by atoms with Crippen LogP contribution in [0.15, 0.2) is 61.1 Å². The molecule has 0 aliphatic carbocycles. The van der Waals surface area contributed by atoms with E-state index >= 15 is 0 Å². The number of carbonyl (C=O) groups is 1. The molecule has 0 radical (unpaired) electrons. The van der Waals surface area contributed by atoms with Crippen molar-refractivity contribution in [2.75, 3.05) is 6.61 Å². The fraction of sp³-hybridized carbons (Fsp3) is 0.150. The van der Waals surface area contributed by atoms with Crippen LogP contribution in [0.25, 0.3) is 11.3 Å². The first kappa shape index (κ1) is 17.6. The van der Waals surface area contributed by atoms with E-state index < -0.39 is 11.3 Å². The Morgan fingerprint density at radius 1 is 1.07 bits per heavy atom. The molecule has 1 aromatic carbocycles. The third kappa shape index (κ3) is 2.75. The number of primary amides is 1. The lowest BCUT2D eigenvalue weighted by molar-refractivity contribution is -0.121. The quantitative estimate of drug-likeness (QED) is 0.532. The number of amides is 1. The number of nitrogens with zero attached hydrogens (tertiary/aromatic N) is 4. The van der Waals surface area contributed by atoms with Gasteiger partial charge in [0, 0.05) is 6.07 Å². The summed E-state index contributed by atoms with van der Waals surface area (Å²) < 4.78 is 5.54. The summed E-state index contributed by atoms with van der Waals surface area (Å²) in [6.45, 7) is 2.32. The highest BCUT2D eigenvalue weighted by Crippen LogP contribution is 2.37. The normalized spacial score (nSPS) is 13.2. The van der Waals surface area contributed by atoms with Crippen LogP contribution in [0.3, 0.4) is 0 Å². The van der Waals surface area contributed by atoms with E-state index in [4.69, 9.17) is 10.5 Å². The van der Waals surface area contributed by atoms with Gasteiger partial charge >= 0.3 is 0 Å². The number of aromatic nitrogens is 5. The number of rotatable bonds is 6. The van der Waals surface area contributed by atoms with Crippen LogP contribution in [-0.2, 0) is 10.2 Å². The number of benzene rings is 1. The van der Waals surface area contributed by atoms with Gasteiger partial charge in [0.15, 0.2) is 16.7 Å². The number of pyridine rings is 1. The molecule has 8 nitrogen and oxygen atoms in total. The molecular weight excluding hydrogens is 356 g/mol. The van der Waals surface area contributed by atoms with Gasteiger partial charge in [-0.05, 0) is 18.6 Å². The molecule has 1 unspecified atom stereocenters. The number of ether oxygens (including phenoxy) is 1. The summed E-state index contributed by atoms with van der Waals surface area (Å²) in [6, 6.07) is 14.4. The molecule has 0 saturated carbocycles. The third-order valence-corrected chi connectivity index (χ3v) is 4.50. The van der Waals surface area contributed by atoms with E-state index in [0.29, 0.717) is 40.7 Å². The summed E-state index contributed by atoms with van der Waals surface area (Å²) in [6.07, 6.45) is 3.01. The molecule has 3 N–H and O–H groups in total. The van der Waals surface area contributed by atoms with Crippen molar-refractivity contribution in [2.24, 2.45) is 5.73 Å². The maximum absolute atomic E-state index is 13.0. The molecule has 0 bridgehead atoms. The van der Waals surface area contributed by atoms with Crippen LogP contribution >= 0.6 is 0 Å². The van der Waals surface area contributed by atoms with Crippen LogP contribution in [0.2, 0.25) is 0 Å².